The number of alkyl halides is 1. The van der Waals surface area contributed by atoms with E-state index in [0.29, 0.717) is 12.3 Å². The van der Waals surface area contributed by atoms with E-state index in [1.807, 2.05) is 37.3 Å². The van der Waals surface area contributed by atoms with Crippen molar-refractivity contribution in [2.24, 2.45) is 0 Å². The van der Waals surface area contributed by atoms with Gasteiger partial charge in [0.25, 0.3) is 0 Å². The molecule has 1 N–H and O–H groups in total. The van der Waals surface area contributed by atoms with E-state index in [0.717, 1.165) is 5.56 Å². The maximum absolute atomic E-state index is 11.2. The third kappa shape index (κ3) is 3.04. The molecule has 1 atom stereocenters. The molecule has 0 aliphatic heterocycles. The van der Waals surface area contributed by atoms with Crippen LogP contribution in [-0.4, -0.2) is 11.8 Å². The van der Waals surface area contributed by atoms with E-state index in [1.54, 1.807) is 0 Å². The molecule has 0 saturated heterocycles. The van der Waals surface area contributed by atoms with Gasteiger partial charge in [0.2, 0.25) is 5.91 Å². The minimum absolute atomic E-state index is 0.0273. The summed E-state index contributed by atoms with van der Waals surface area (Å²) in [7, 11) is 0. The highest BCUT2D eigenvalue weighted by Crippen LogP contribution is 2.13. The van der Waals surface area contributed by atoms with Crippen LogP contribution in [0, 0.1) is 0 Å². The topological polar surface area (TPSA) is 29.1 Å². The van der Waals surface area contributed by atoms with E-state index in [9.17, 15) is 4.79 Å². The van der Waals surface area contributed by atoms with Crippen molar-refractivity contribution in [3.8, 4) is 0 Å². The van der Waals surface area contributed by atoms with Crippen molar-refractivity contribution in [1.29, 1.82) is 0 Å². The average Bonchev–Trinajstić information content (AvgIpc) is 2.26. The van der Waals surface area contributed by atoms with Crippen molar-refractivity contribution in [1.82, 2.24) is 5.32 Å². The third-order valence-electron chi connectivity index (χ3n) is 2.01. The summed E-state index contributed by atoms with van der Waals surface area (Å²) in [6.45, 7) is 1.83. The Balaban J connectivity index is 2.68. The Morgan fingerprint density at radius 1 is 1.43 bits per heavy atom. The summed E-state index contributed by atoms with van der Waals surface area (Å²) in [6.07, 6.45) is 0.486. The number of hydrogen-bond acceptors (Lipinski definition) is 1. The van der Waals surface area contributed by atoms with Crippen LogP contribution in [0.3, 0.4) is 0 Å². The van der Waals surface area contributed by atoms with Gasteiger partial charge in [0.15, 0.2) is 0 Å². The Labute approximate surface area is 89.3 Å². The van der Waals surface area contributed by atoms with E-state index >= 15 is 0 Å². The van der Waals surface area contributed by atoms with Gasteiger partial charge in [-0.25, -0.2) is 0 Å². The maximum atomic E-state index is 11.2. The van der Waals surface area contributed by atoms with Crippen molar-refractivity contribution in [3.63, 3.8) is 0 Å². The van der Waals surface area contributed by atoms with Gasteiger partial charge < -0.3 is 5.32 Å². The summed E-state index contributed by atoms with van der Waals surface area (Å²) in [6, 6.07) is 9.66. The monoisotopic (exact) mass is 211 g/mol. The van der Waals surface area contributed by atoms with Gasteiger partial charge in [-0.1, -0.05) is 37.3 Å². The normalized spacial score (nSPS) is 12.1. The first-order valence-electron chi connectivity index (χ1n) is 4.68. The fourth-order valence-electron chi connectivity index (χ4n) is 1.19. The number of amides is 1. The zero-order chi connectivity index (χ0) is 10.4. The second-order valence-electron chi connectivity index (χ2n) is 3.04. The molecule has 0 spiro atoms. The van der Waals surface area contributed by atoms with Crippen LogP contribution in [0.4, 0.5) is 0 Å². The van der Waals surface area contributed by atoms with E-state index < -0.39 is 0 Å². The molecule has 0 bridgehead atoms. The molecular weight excluding hydrogens is 198 g/mol. The number of benzene rings is 1. The largest absolute Gasteiger partial charge is 0.348 e. The number of rotatable bonds is 4. The Morgan fingerprint density at radius 3 is 2.57 bits per heavy atom. The van der Waals surface area contributed by atoms with Gasteiger partial charge in [-0.15, -0.1) is 11.6 Å². The predicted molar refractivity (Wildman–Crippen MR) is 58.3 cm³/mol. The van der Waals surface area contributed by atoms with E-state index in [2.05, 4.69) is 5.32 Å². The minimum atomic E-state index is -0.0784. The lowest BCUT2D eigenvalue weighted by Gasteiger charge is -2.15. The van der Waals surface area contributed by atoms with Crippen molar-refractivity contribution >= 4 is 17.5 Å². The first kappa shape index (κ1) is 11.1. The summed E-state index contributed by atoms with van der Waals surface area (Å²) < 4.78 is 0. The minimum Gasteiger partial charge on any atom is -0.348 e. The molecule has 3 heteroatoms. The van der Waals surface area contributed by atoms with Crippen LogP contribution >= 0.6 is 11.6 Å². The number of hydrogen-bond donors (Lipinski definition) is 1. The van der Waals surface area contributed by atoms with Crippen molar-refractivity contribution in [3.05, 3.63) is 35.9 Å². The zero-order valence-corrected chi connectivity index (χ0v) is 8.92. The molecule has 0 aliphatic carbocycles. The summed E-state index contributed by atoms with van der Waals surface area (Å²) >= 11 is 5.79. The highest BCUT2D eigenvalue weighted by Gasteiger charge is 2.11. The van der Waals surface area contributed by atoms with Crippen LogP contribution in [-0.2, 0) is 4.79 Å². The zero-order valence-electron chi connectivity index (χ0n) is 8.16. The van der Waals surface area contributed by atoms with Crippen LogP contribution in [0.5, 0.6) is 0 Å². The number of carbonyl (C=O) groups excluding carboxylic acids is 1. The van der Waals surface area contributed by atoms with Gasteiger partial charge in [-0.05, 0) is 5.56 Å². The Kier molecular flexibility index (Phi) is 4.47. The molecule has 0 heterocycles. The summed E-state index contributed by atoms with van der Waals surface area (Å²) in [5.74, 6) is 0.426. The van der Waals surface area contributed by atoms with Gasteiger partial charge in [0, 0.05) is 12.3 Å². The molecular formula is C11H14ClNO. The third-order valence-corrected chi connectivity index (χ3v) is 2.32. The van der Waals surface area contributed by atoms with Crippen LogP contribution in [0.15, 0.2) is 30.3 Å². The molecule has 1 unspecified atom stereocenters. The van der Waals surface area contributed by atoms with Gasteiger partial charge in [0.05, 0.1) is 6.04 Å². The Hall–Kier alpha value is -1.02. The van der Waals surface area contributed by atoms with Gasteiger partial charge >= 0.3 is 0 Å². The van der Waals surface area contributed by atoms with E-state index in [-0.39, 0.29) is 11.9 Å². The fourth-order valence-corrected chi connectivity index (χ4v) is 1.45. The van der Waals surface area contributed by atoms with E-state index in [1.165, 1.54) is 0 Å². The second-order valence-corrected chi connectivity index (χ2v) is 3.35. The molecule has 0 radical (unpaired) electrons. The molecule has 1 amide bonds. The lowest BCUT2D eigenvalue weighted by atomic mass is 10.1. The predicted octanol–water partition coefficient (Wildman–Crippen LogP) is 2.49. The molecule has 1 aromatic carbocycles. The molecule has 0 saturated carbocycles. The van der Waals surface area contributed by atoms with Crippen LogP contribution in [0.1, 0.15) is 24.9 Å². The van der Waals surface area contributed by atoms with Gasteiger partial charge in [0.1, 0.15) is 0 Å². The van der Waals surface area contributed by atoms with Crippen LogP contribution < -0.4 is 5.32 Å². The lowest BCUT2D eigenvalue weighted by molar-refractivity contribution is -0.121. The molecule has 0 aromatic heterocycles. The second kappa shape index (κ2) is 5.66. The van der Waals surface area contributed by atoms with Crippen LogP contribution in [0.2, 0.25) is 0 Å². The standard InChI is InChI=1S/C11H14ClNO/c1-2-11(14)13-10(8-12)9-6-4-3-5-7-9/h3-7,10H,2,8H2,1H3,(H,13,14). The molecule has 76 valence electrons. The Bertz CT molecular complexity index is 287. The van der Waals surface area contributed by atoms with Crippen molar-refractivity contribution in [2.45, 2.75) is 19.4 Å². The fraction of sp³-hybridized carbons (Fsp3) is 0.364. The SMILES string of the molecule is CCC(=O)NC(CCl)c1ccccc1. The van der Waals surface area contributed by atoms with Gasteiger partial charge in [-0.2, -0.15) is 0 Å². The molecule has 1 rings (SSSR count). The molecule has 14 heavy (non-hydrogen) atoms. The summed E-state index contributed by atoms with van der Waals surface area (Å²) in [5.41, 5.74) is 1.05. The maximum Gasteiger partial charge on any atom is 0.220 e. The summed E-state index contributed by atoms with van der Waals surface area (Å²) in [5, 5.41) is 2.86. The quantitative estimate of drug-likeness (QED) is 0.762. The number of halogens is 1. The number of carbonyl (C=O) groups is 1. The van der Waals surface area contributed by atoms with Crippen molar-refractivity contribution < 1.29 is 4.79 Å². The van der Waals surface area contributed by atoms with Crippen molar-refractivity contribution in [2.75, 3.05) is 5.88 Å². The smallest absolute Gasteiger partial charge is 0.220 e. The molecule has 0 fully saturated rings. The Morgan fingerprint density at radius 2 is 2.07 bits per heavy atom. The molecule has 2 nitrogen and oxygen atoms in total. The summed E-state index contributed by atoms with van der Waals surface area (Å²) in [4.78, 5) is 11.2. The van der Waals surface area contributed by atoms with Gasteiger partial charge in [-0.3, -0.25) is 4.79 Å². The lowest BCUT2D eigenvalue weighted by Crippen LogP contribution is -2.28. The van der Waals surface area contributed by atoms with Crippen LogP contribution in [0.25, 0.3) is 0 Å². The average molecular weight is 212 g/mol. The molecule has 0 aliphatic rings. The highest BCUT2D eigenvalue weighted by molar-refractivity contribution is 6.18. The first-order chi connectivity index (χ1) is 6.77. The number of nitrogens with one attached hydrogen (secondary N) is 1. The molecule has 1 aromatic rings. The van der Waals surface area contributed by atoms with E-state index in [4.69, 9.17) is 11.6 Å². The highest BCUT2D eigenvalue weighted by atomic mass is 35.5. The first-order valence-corrected chi connectivity index (χ1v) is 5.21.